The van der Waals surface area contributed by atoms with Gasteiger partial charge in [-0.3, -0.25) is 19.2 Å². The van der Waals surface area contributed by atoms with Crippen molar-refractivity contribution < 1.29 is 23.9 Å². The number of hydrogen-bond acceptors (Lipinski definition) is 6. The van der Waals surface area contributed by atoms with Gasteiger partial charge in [0.2, 0.25) is 11.8 Å². The third-order valence-electron chi connectivity index (χ3n) is 7.70. The average Bonchev–Trinajstić information content (AvgIpc) is 3.44. The lowest BCUT2D eigenvalue weighted by atomic mass is 9.85. The Hall–Kier alpha value is -3.72. The number of ether oxygens (including phenoxy) is 1. The number of fused-ring (bicyclic) bond motifs is 3. The predicted octanol–water partition coefficient (Wildman–Crippen LogP) is 6.14. The van der Waals surface area contributed by atoms with E-state index in [0.29, 0.717) is 31.9 Å². The van der Waals surface area contributed by atoms with E-state index in [1.807, 2.05) is 6.07 Å². The summed E-state index contributed by atoms with van der Waals surface area (Å²) in [5.74, 6) is -2.99. The Kier molecular flexibility index (Phi) is 7.09. The van der Waals surface area contributed by atoms with Crippen molar-refractivity contribution in [1.29, 1.82) is 0 Å². The van der Waals surface area contributed by atoms with Crippen LogP contribution in [0.25, 0.3) is 0 Å². The van der Waals surface area contributed by atoms with E-state index in [1.54, 1.807) is 71.8 Å². The fourth-order valence-corrected chi connectivity index (χ4v) is 6.88. The van der Waals surface area contributed by atoms with Gasteiger partial charge in [-0.2, -0.15) is 0 Å². The van der Waals surface area contributed by atoms with Crippen molar-refractivity contribution in [2.75, 3.05) is 12.0 Å². The van der Waals surface area contributed by atoms with E-state index in [0.717, 1.165) is 4.90 Å². The minimum atomic E-state index is -1.01. The number of benzene rings is 3. The second kappa shape index (κ2) is 10.6. The molecule has 41 heavy (non-hydrogen) atoms. The number of rotatable bonds is 6. The van der Waals surface area contributed by atoms with Gasteiger partial charge in [-0.1, -0.05) is 59.6 Å². The molecule has 3 aliphatic heterocycles. The molecule has 2 fully saturated rings. The van der Waals surface area contributed by atoms with Gasteiger partial charge in [0.15, 0.2) is 11.6 Å². The summed E-state index contributed by atoms with van der Waals surface area (Å²) < 4.78 is 5.87. The van der Waals surface area contributed by atoms with Gasteiger partial charge < -0.3 is 9.64 Å². The van der Waals surface area contributed by atoms with Gasteiger partial charge in [0, 0.05) is 27.9 Å². The number of Topliss-reactive ketones (excluding diaryl/α,β-unsaturated/α-hetero) is 2. The standard InChI is InChI=1S/C31H21BrCl2N2O5/c1-41-24-10-7-17(13-20(24)32)29(38)27-26-25(30(39)36(31(26)40)22-9-8-19(33)15-21(22)34)23-14-18(11-12-35(23)27)28(37)16-5-3-2-4-6-16/h2-15,23,25-27H,1H3/t23-,25+,26-,27+/m1/s1. The lowest BCUT2D eigenvalue weighted by Gasteiger charge is -2.33. The molecule has 0 unspecified atom stereocenters. The molecular formula is C31H21BrCl2N2O5. The molecule has 0 aliphatic carbocycles. The molecule has 3 aromatic carbocycles. The first-order chi connectivity index (χ1) is 19.7. The molecule has 0 spiro atoms. The van der Waals surface area contributed by atoms with E-state index in [9.17, 15) is 19.2 Å². The number of hydrogen-bond donors (Lipinski definition) is 0. The number of ketones is 2. The number of halogens is 3. The number of allylic oxidation sites excluding steroid dienone is 2. The zero-order valence-electron chi connectivity index (χ0n) is 21.5. The lowest BCUT2D eigenvalue weighted by Crippen LogP contribution is -2.46. The molecule has 3 aliphatic rings. The summed E-state index contributed by atoms with van der Waals surface area (Å²) in [5, 5.41) is 0.490. The zero-order valence-corrected chi connectivity index (χ0v) is 24.6. The predicted molar refractivity (Wildman–Crippen MR) is 158 cm³/mol. The Morgan fingerprint density at radius 2 is 1.63 bits per heavy atom. The third-order valence-corrected chi connectivity index (χ3v) is 8.86. The van der Waals surface area contributed by atoms with Gasteiger partial charge in [-0.15, -0.1) is 0 Å². The van der Waals surface area contributed by atoms with Gasteiger partial charge in [0.1, 0.15) is 11.8 Å². The van der Waals surface area contributed by atoms with Gasteiger partial charge in [0.05, 0.1) is 40.2 Å². The Morgan fingerprint density at radius 1 is 0.902 bits per heavy atom. The van der Waals surface area contributed by atoms with Crippen LogP contribution in [0.1, 0.15) is 20.7 Å². The van der Waals surface area contributed by atoms with Gasteiger partial charge in [0.25, 0.3) is 0 Å². The second-order valence-electron chi connectivity index (χ2n) is 9.89. The number of carbonyl (C=O) groups excluding carboxylic acids is 4. The van der Waals surface area contributed by atoms with Crippen molar-refractivity contribution in [3.8, 4) is 5.75 Å². The maximum absolute atomic E-state index is 14.1. The molecule has 10 heteroatoms. The van der Waals surface area contributed by atoms with E-state index in [-0.39, 0.29) is 22.3 Å². The number of methoxy groups -OCH3 is 1. The monoisotopic (exact) mass is 650 g/mol. The number of anilines is 1. The van der Waals surface area contributed by atoms with Crippen LogP contribution in [0.2, 0.25) is 10.0 Å². The Morgan fingerprint density at radius 3 is 2.32 bits per heavy atom. The normalized spacial score (nSPS) is 22.9. The highest BCUT2D eigenvalue weighted by Gasteiger charge is 2.63. The Labute approximate surface area is 254 Å². The molecule has 2 saturated heterocycles. The Bertz CT molecular complexity index is 1690. The lowest BCUT2D eigenvalue weighted by molar-refractivity contribution is -0.123. The van der Waals surface area contributed by atoms with Crippen molar-refractivity contribution in [2.24, 2.45) is 11.8 Å². The number of nitrogens with zero attached hydrogens (tertiary/aromatic N) is 2. The molecule has 0 N–H and O–H groups in total. The third kappa shape index (κ3) is 4.51. The molecule has 3 aromatic rings. The fourth-order valence-electron chi connectivity index (χ4n) is 5.84. The largest absolute Gasteiger partial charge is 0.496 e. The summed E-state index contributed by atoms with van der Waals surface area (Å²) in [5.41, 5.74) is 1.40. The minimum Gasteiger partial charge on any atom is -0.496 e. The van der Waals surface area contributed by atoms with E-state index in [1.165, 1.54) is 19.2 Å². The topological polar surface area (TPSA) is 84.0 Å². The smallest absolute Gasteiger partial charge is 0.240 e. The highest BCUT2D eigenvalue weighted by atomic mass is 79.9. The molecule has 206 valence electrons. The Balaban J connectivity index is 1.45. The molecule has 6 rings (SSSR count). The molecule has 7 nitrogen and oxygen atoms in total. The van der Waals surface area contributed by atoms with Crippen LogP contribution in [0.3, 0.4) is 0 Å². The van der Waals surface area contributed by atoms with Crippen LogP contribution in [0.5, 0.6) is 5.75 Å². The highest BCUT2D eigenvalue weighted by molar-refractivity contribution is 9.10. The van der Waals surface area contributed by atoms with Crippen LogP contribution in [0.4, 0.5) is 5.69 Å². The molecule has 0 aromatic heterocycles. The number of imide groups is 1. The zero-order chi connectivity index (χ0) is 29.0. The minimum absolute atomic E-state index is 0.136. The number of carbonyl (C=O) groups is 4. The summed E-state index contributed by atoms with van der Waals surface area (Å²) in [6.45, 7) is 0. The van der Waals surface area contributed by atoms with E-state index in [4.69, 9.17) is 27.9 Å². The van der Waals surface area contributed by atoms with Crippen LogP contribution in [0.15, 0.2) is 95.1 Å². The number of amides is 2. The maximum Gasteiger partial charge on any atom is 0.240 e. The van der Waals surface area contributed by atoms with Crippen LogP contribution in [-0.4, -0.2) is 47.5 Å². The maximum atomic E-state index is 14.1. The first kappa shape index (κ1) is 27.4. The van der Waals surface area contributed by atoms with E-state index in [2.05, 4.69) is 15.9 Å². The second-order valence-corrected chi connectivity index (χ2v) is 11.6. The molecule has 3 heterocycles. The van der Waals surface area contributed by atoms with Crippen molar-refractivity contribution in [1.82, 2.24) is 4.90 Å². The van der Waals surface area contributed by atoms with Crippen molar-refractivity contribution in [3.05, 3.63) is 116 Å². The molecule has 4 atom stereocenters. The van der Waals surface area contributed by atoms with Crippen LogP contribution in [-0.2, 0) is 9.59 Å². The average molecular weight is 652 g/mol. The first-order valence-electron chi connectivity index (χ1n) is 12.7. The van der Waals surface area contributed by atoms with E-state index >= 15 is 0 Å². The summed E-state index contributed by atoms with van der Waals surface area (Å²) in [7, 11) is 1.52. The van der Waals surface area contributed by atoms with Crippen molar-refractivity contribution >= 4 is 68.2 Å². The molecule has 2 amide bonds. The van der Waals surface area contributed by atoms with E-state index < -0.39 is 35.7 Å². The van der Waals surface area contributed by atoms with Crippen molar-refractivity contribution in [3.63, 3.8) is 0 Å². The van der Waals surface area contributed by atoms with Crippen LogP contribution < -0.4 is 9.64 Å². The quantitative estimate of drug-likeness (QED) is 0.235. The summed E-state index contributed by atoms with van der Waals surface area (Å²) >= 11 is 15.9. The molecule has 0 bridgehead atoms. The van der Waals surface area contributed by atoms with Gasteiger partial charge >= 0.3 is 0 Å². The molecular weight excluding hydrogens is 631 g/mol. The van der Waals surface area contributed by atoms with Gasteiger partial charge in [-0.25, -0.2) is 4.90 Å². The summed E-state index contributed by atoms with van der Waals surface area (Å²) in [6.07, 6.45) is 4.95. The fraction of sp³-hybridized carbons (Fsp3) is 0.161. The highest BCUT2D eigenvalue weighted by Crippen LogP contribution is 2.48. The summed E-state index contributed by atoms with van der Waals surface area (Å²) in [6, 6.07) is 16.5. The first-order valence-corrected chi connectivity index (χ1v) is 14.2. The van der Waals surface area contributed by atoms with Gasteiger partial charge in [-0.05, 0) is 58.4 Å². The van der Waals surface area contributed by atoms with Crippen LogP contribution >= 0.6 is 39.1 Å². The SMILES string of the molecule is COc1ccc(C(=O)[C@@H]2[C@@H]3C(=O)N(c4ccc(Cl)cc4Cl)C(=O)[C@H]3[C@H]3C=C(C(=O)c4ccccc4)C=CN32)cc1Br. The van der Waals surface area contributed by atoms with Crippen LogP contribution in [0, 0.1) is 11.8 Å². The summed E-state index contributed by atoms with van der Waals surface area (Å²) in [4.78, 5) is 58.2. The molecule has 0 saturated carbocycles. The molecule has 0 radical (unpaired) electrons. The van der Waals surface area contributed by atoms with Crippen molar-refractivity contribution in [2.45, 2.75) is 12.1 Å².